The smallest absolute Gasteiger partial charge is 0.281 e. The van der Waals surface area contributed by atoms with E-state index in [0.29, 0.717) is 13.1 Å². The van der Waals surface area contributed by atoms with Crippen molar-refractivity contribution in [1.82, 2.24) is 14.3 Å². The fourth-order valence-electron chi connectivity index (χ4n) is 4.68. The maximum atomic E-state index is 13.8. The van der Waals surface area contributed by atoms with Gasteiger partial charge in [0.25, 0.3) is 11.8 Å². The van der Waals surface area contributed by atoms with Gasteiger partial charge in [0, 0.05) is 44.1 Å². The first-order chi connectivity index (χ1) is 15.9. The molecule has 3 aromatic rings. The minimum atomic E-state index is -3.62. The number of imidazole rings is 1. The van der Waals surface area contributed by atoms with E-state index in [9.17, 15) is 22.0 Å². The molecule has 2 fully saturated rings. The van der Waals surface area contributed by atoms with Crippen molar-refractivity contribution >= 4 is 21.4 Å². The lowest BCUT2D eigenvalue weighted by atomic mass is 10.0. The number of sulfone groups is 1. The molecule has 3 atom stereocenters. The number of carbonyl (C=O) groups excluding carboxylic acids is 1. The number of nitrogens with zero attached hydrogens (tertiary/aromatic N) is 3. The molecule has 1 aliphatic carbocycles. The molecule has 1 aliphatic heterocycles. The Bertz CT molecular complexity index is 1370. The summed E-state index contributed by atoms with van der Waals surface area (Å²) >= 11 is 0. The summed E-state index contributed by atoms with van der Waals surface area (Å²) in [5.74, 6) is -3.41. The second-order valence-electron chi connectivity index (χ2n) is 9.48. The van der Waals surface area contributed by atoms with Crippen molar-refractivity contribution in [2.24, 2.45) is 5.92 Å². The van der Waals surface area contributed by atoms with Crippen LogP contribution in [0.15, 0.2) is 53.7 Å². The van der Waals surface area contributed by atoms with Crippen molar-refractivity contribution in [3.63, 3.8) is 0 Å². The molecule has 0 radical (unpaired) electrons. The van der Waals surface area contributed by atoms with Crippen molar-refractivity contribution in [3.05, 3.63) is 60.0 Å². The third-order valence-electron chi connectivity index (χ3n) is 6.93. The average molecular weight is 490 g/mol. The first kappa shape index (κ1) is 22.8. The number of aromatic nitrogens is 2. The van der Waals surface area contributed by atoms with E-state index in [0.717, 1.165) is 30.9 Å². The number of piperidine rings is 1. The Kier molecular flexibility index (Phi) is 5.02. The van der Waals surface area contributed by atoms with Gasteiger partial charge >= 0.3 is 0 Å². The highest BCUT2D eigenvalue weighted by molar-refractivity contribution is 7.90. The molecule has 10 heteroatoms. The van der Waals surface area contributed by atoms with Crippen LogP contribution in [0.1, 0.15) is 36.3 Å². The van der Waals surface area contributed by atoms with Crippen molar-refractivity contribution in [2.75, 3.05) is 19.3 Å². The highest BCUT2D eigenvalue weighted by Gasteiger charge is 2.63. The topological polar surface area (TPSA) is 81.0 Å². The molecule has 34 heavy (non-hydrogen) atoms. The van der Waals surface area contributed by atoms with Gasteiger partial charge in [-0.15, -0.1) is 0 Å². The van der Waals surface area contributed by atoms with Gasteiger partial charge in [-0.25, -0.2) is 22.2 Å². The van der Waals surface area contributed by atoms with E-state index in [1.165, 1.54) is 25.1 Å². The van der Waals surface area contributed by atoms with E-state index in [-0.39, 0.29) is 27.5 Å². The lowest BCUT2D eigenvalue weighted by Gasteiger charge is -2.25. The molecule has 0 spiro atoms. The zero-order valence-electron chi connectivity index (χ0n) is 19.0. The molecule has 2 aliphatic rings. The molecule has 0 N–H and O–H groups in total. The second-order valence-corrected chi connectivity index (χ2v) is 11.5. The highest BCUT2D eigenvalue weighted by Crippen LogP contribution is 2.59. The van der Waals surface area contributed by atoms with Crippen LogP contribution in [0.3, 0.4) is 0 Å². The predicted molar refractivity (Wildman–Crippen MR) is 121 cm³/mol. The summed E-state index contributed by atoms with van der Waals surface area (Å²) in [7, 11) is -3.62. The maximum Gasteiger partial charge on any atom is 0.281 e. The minimum Gasteiger partial charge on any atom is -0.484 e. The molecule has 1 aromatic carbocycles. The number of ether oxygens (including phenoxy) is 1. The van der Waals surface area contributed by atoms with E-state index in [1.54, 1.807) is 4.90 Å². The van der Waals surface area contributed by atoms with Gasteiger partial charge in [-0.1, -0.05) is 6.07 Å². The van der Waals surface area contributed by atoms with Crippen LogP contribution in [0.5, 0.6) is 5.75 Å². The third kappa shape index (κ3) is 3.83. The van der Waals surface area contributed by atoms with E-state index < -0.39 is 27.8 Å². The highest BCUT2D eigenvalue weighted by atomic mass is 32.2. The molecule has 2 aromatic heterocycles. The van der Waals surface area contributed by atoms with E-state index in [1.807, 2.05) is 35.0 Å². The average Bonchev–Trinajstić information content (AvgIpc) is 3.12. The van der Waals surface area contributed by atoms with Gasteiger partial charge in [-0.05, 0) is 49.6 Å². The van der Waals surface area contributed by atoms with Gasteiger partial charge in [0.1, 0.15) is 11.4 Å². The molecule has 5 rings (SSSR count). The SMILES string of the molecule is C[C@H](Oc1ccc(S(C)(=O)=O)cc1C(=O)N1CC2CC2(c2cn3ccccc3n2)C1)C(C)(F)F. The summed E-state index contributed by atoms with van der Waals surface area (Å²) in [5.41, 5.74) is 1.46. The number of fused-ring (bicyclic) bond motifs is 2. The number of halogens is 2. The van der Waals surface area contributed by atoms with Crippen LogP contribution in [0, 0.1) is 5.92 Å². The van der Waals surface area contributed by atoms with Crippen molar-refractivity contribution < 1.29 is 26.7 Å². The zero-order valence-corrected chi connectivity index (χ0v) is 19.9. The normalized spacial score (nSPS) is 23.1. The summed E-state index contributed by atoms with van der Waals surface area (Å²) in [4.78, 5) is 19.8. The summed E-state index contributed by atoms with van der Waals surface area (Å²) in [6, 6.07) is 9.51. The predicted octanol–water partition coefficient (Wildman–Crippen LogP) is 3.57. The third-order valence-corrected chi connectivity index (χ3v) is 8.04. The lowest BCUT2D eigenvalue weighted by molar-refractivity contribution is -0.0720. The van der Waals surface area contributed by atoms with Gasteiger partial charge in [-0.2, -0.15) is 0 Å². The molecule has 7 nitrogen and oxygen atoms in total. The Labute approximate surface area is 196 Å². The van der Waals surface area contributed by atoms with Crippen LogP contribution >= 0.6 is 0 Å². The van der Waals surface area contributed by atoms with Crippen LogP contribution in [0.25, 0.3) is 5.65 Å². The monoisotopic (exact) mass is 489 g/mol. The second kappa shape index (κ2) is 7.49. The molecule has 0 bridgehead atoms. The van der Waals surface area contributed by atoms with Gasteiger partial charge in [-0.3, -0.25) is 4.79 Å². The number of amides is 1. The van der Waals surface area contributed by atoms with Gasteiger partial charge in [0.05, 0.1) is 16.2 Å². The molecule has 3 heterocycles. The Balaban J connectivity index is 1.46. The van der Waals surface area contributed by atoms with Crippen LogP contribution in [-0.4, -0.2) is 60.0 Å². The van der Waals surface area contributed by atoms with Crippen LogP contribution in [0.4, 0.5) is 8.78 Å². The Morgan fingerprint density at radius 3 is 2.74 bits per heavy atom. The Hall–Kier alpha value is -3.01. The Morgan fingerprint density at radius 2 is 2.06 bits per heavy atom. The van der Waals surface area contributed by atoms with Crippen LogP contribution < -0.4 is 4.74 Å². The number of likely N-dealkylation sites (tertiary alicyclic amines) is 1. The number of benzene rings is 1. The van der Waals surface area contributed by atoms with Crippen LogP contribution in [-0.2, 0) is 15.3 Å². The van der Waals surface area contributed by atoms with Gasteiger partial charge in [0.15, 0.2) is 15.9 Å². The molecule has 1 saturated carbocycles. The number of hydrogen-bond donors (Lipinski definition) is 0. The number of alkyl halides is 2. The fourth-order valence-corrected chi connectivity index (χ4v) is 5.33. The minimum absolute atomic E-state index is 0.0366. The lowest BCUT2D eigenvalue weighted by Crippen LogP contribution is -2.35. The Morgan fingerprint density at radius 1 is 1.29 bits per heavy atom. The quantitative estimate of drug-likeness (QED) is 0.529. The molecule has 2 unspecified atom stereocenters. The molecule has 1 amide bonds. The zero-order chi connectivity index (χ0) is 24.5. The van der Waals surface area contributed by atoms with Crippen molar-refractivity contribution in [2.45, 2.75) is 42.6 Å². The number of hydrogen-bond acceptors (Lipinski definition) is 5. The summed E-state index contributed by atoms with van der Waals surface area (Å²) < 4.78 is 59.1. The molecule has 1 saturated heterocycles. The largest absolute Gasteiger partial charge is 0.484 e. The fraction of sp³-hybridized carbons (Fsp3) is 0.417. The van der Waals surface area contributed by atoms with Crippen LogP contribution in [0.2, 0.25) is 0 Å². The van der Waals surface area contributed by atoms with Crippen molar-refractivity contribution in [3.8, 4) is 5.75 Å². The standard InChI is InChI=1S/C24H25F2N3O4S/c1-15(23(2,25)26)33-19-8-7-17(34(3,31)32)10-18(19)22(30)29-12-16-11-24(16,14-29)20-13-28-9-5-4-6-21(28)27-20/h4-10,13,15-16H,11-12,14H2,1-3H3/t15-,16?,24?/m0/s1. The van der Waals surface area contributed by atoms with E-state index >= 15 is 0 Å². The number of carbonyl (C=O) groups is 1. The number of rotatable bonds is 6. The van der Waals surface area contributed by atoms with E-state index in [2.05, 4.69) is 0 Å². The van der Waals surface area contributed by atoms with E-state index in [4.69, 9.17) is 9.72 Å². The number of pyridine rings is 1. The molecular formula is C24H25F2N3O4S. The summed E-state index contributed by atoms with van der Waals surface area (Å²) in [6.07, 6.45) is 4.34. The van der Waals surface area contributed by atoms with Crippen molar-refractivity contribution in [1.29, 1.82) is 0 Å². The first-order valence-corrected chi connectivity index (χ1v) is 12.9. The first-order valence-electron chi connectivity index (χ1n) is 11.0. The molecule has 180 valence electrons. The molecular weight excluding hydrogens is 464 g/mol. The summed E-state index contributed by atoms with van der Waals surface area (Å²) in [6.45, 7) is 2.84. The maximum absolute atomic E-state index is 13.8. The van der Waals surface area contributed by atoms with Gasteiger partial charge < -0.3 is 14.0 Å². The summed E-state index contributed by atoms with van der Waals surface area (Å²) in [5, 5.41) is 0. The van der Waals surface area contributed by atoms with Gasteiger partial charge in [0.2, 0.25) is 0 Å².